The van der Waals surface area contributed by atoms with Gasteiger partial charge < -0.3 is 33.7 Å². The lowest BCUT2D eigenvalue weighted by Crippen LogP contribution is -2.01. The molecule has 3 aromatic heterocycles. The molecule has 0 fully saturated rings. The molecule has 3 N–H and O–H groups in total. The average Bonchev–Trinajstić information content (AvgIpc) is 3.43. The predicted octanol–water partition coefficient (Wildman–Crippen LogP) is 4.59. The second-order valence-electron chi connectivity index (χ2n) is 8.13. The maximum absolute atomic E-state index is 12.3. The zero-order valence-electron chi connectivity index (χ0n) is 19.5. The van der Waals surface area contributed by atoms with E-state index in [1.807, 2.05) is 36.0 Å². The Labute approximate surface area is 199 Å². The monoisotopic (exact) mass is 473 g/mol. The van der Waals surface area contributed by atoms with Crippen LogP contribution in [0.25, 0.3) is 45.0 Å². The summed E-state index contributed by atoms with van der Waals surface area (Å²) in [6, 6.07) is 11.7. The largest absolute Gasteiger partial charge is 0.504 e. The van der Waals surface area contributed by atoms with E-state index in [2.05, 4.69) is 4.98 Å². The third kappa shape index (κ3) is 3.67. The Morgan fingerprint density at radius 3 is 2.60 bits per heavy atom. The van der Waals surface area contributed by atoms with Crippen molar-refractivity contribution >= 4 is 10.9 Å². The van der Waals surface area contributed by atoms with Crippen molar-refractivity contribution in [2.75, 3.05) is 14.2 Å². The summed E-state index contributed by atoms with van der Waals surface area (Å²) in [7, 11) is 4.98. The molecule has 9 nitrogen and oxygen atoms in total. The average molecular weight is 473 g/mol. The number of benzene rings is 2. The second kappa shape index (κ2) is 8.28. The molecule has 0 atom stereocenters. The molecular weight excluding hydrogens is 450 g/mol. The molecule has 0 saturated heterocycles. The Balaban J connectivity index is 1.81. The number of aromatic amines is 1. The number of fused-ring (bicyclic) bond motifs is 1. The van der Waals surface area contributed by atoms with E-state index in [4.69, 9.17) is 18.9 Å². The fourth-order valence-corrected chi connectivity index (χ4v) is 4.16. The summed E-state index contributed by atoms with van der Waals surface area (Å²) < 4.78 is 18.4. The van der Waals surface area contributed by atoms with Gasteiger partial charge in [-0.15, -0.1) is 0 Å². The second-order valence-corrected chi connectivity index (χ2v) is 8.13. The fraction of sp³-hybridized carbons (Fsp3) is 0.154. The SMILES string of the molecule is COc1ccc2c(c1)c(-c1nc(-c3ccc(O)c(OC)c3)c(-c3oc(C)cc(=O)c3O)[nH]1)cn2C. The van der Waals surface area contributed by atoms with Gasteiger partial charge in [0.05, 0.1) is 14.2 Å². The molecule has 2 aromatic carbocycles. The van der Waals surface area contributed by atoms with E-state index in [1.165, 1.54) is 19.2 Å². The molecule has 0 radical (unpaired) electrons. The van der Waals surface area contributed by atoms with Crippen LogP contribution in [0.1, 0.15) is 5.76 Å². The number of methoxy groups -OCH3 is 2. The first kappa shape index (κ1) is 22.1. The molecule has 0 bridgehead atoms. The van der Waals surface area contributed by atoms with Crippen LogP contribution in [0.5, 0.6) is 23.0 Å². The smallest absolute Gasteiger partial charge is 0.227 e. The summed E-state index contributed by atoms with van der Waals surface area (Å²) in [4.78, 5) is 20.4. The number of nitrogens with one attached hydrogen (secondary N) is 1. The van der Waals surface area contributed by atoms with E-state index >= 15 is 0 Å². The predicted molar refractivity (Wildman–Crippen MR) is 131 cm³/mol. The highest BCUT2D eigenvalue weighted by Crippen LogP contribution is 2.40. The summed E-state index contributed by atoms with van der Waals surface area (Å²) in [5, 5.41) is 21.5. The van der Waals surface area contributed by atoms with Gasteiger partial charge in [-0.2, -0.15) is 0 Å². The third-order valence-corrected chi connectivity index (χ3v) is 5.88. The topological polar surface area (TPSA) is 123 Å². The molecule has 0 aliphatic heterocycles. The first-order chi connectivity index (χ1) is 16.8. The number of hydrogen-bond donors (Lipinski definition) is 3. The Morgan fingerprint density at radius 2 is 1.86 bits per heavy atom. The third-order valence-electron chi connectivity index (χ3n) is 5.88. The number of phenols is 1. The number of phenolic OH excluding ortho intramolecular Hbond substituents is 1. The quantitative estimate of drug-likeness (QED) is 0.341. The van der Waals surface area contributed by atoms with Crippen LogP contribution in [0.3, 0.4) is 0 Å². The van der Waals surface area contributed by atoms with Crippen LogP contribution >= 0.6 is 0 Å². The van der Waals surface area contributed by atoms with E-state index in [9.17, 15) is 15.0 Å². The molecule has 0 saturated carbocycles. The van der Waals surface area contributed by atoms with E-state index in [0.717, 1.165) is 16.5 Å². The number of aromatic nitrogens is 3. The molecule has 3 heterocycles. The van der Waals surface area contributed by atoms with Gasteiger partial charge in [-0.05, 0) is 43.3 Å². The highest BCUT2D eigenvalue weighted by atomic mass is 16.5. The number of ether oxygens (including phenoxy) is 2. The summed E-state index contributed by atoms with van der Waals surface area (Å²) in [6.45, 7) is 1.63. The molecule has 0 unspecified atom stereocenters. The van der Waals surface area contributed by atoms with Crippen molar-refractivity contribution in [2.24, 2.45) is 7.05 Å². The number of imidazole rings is 1. The molecular formula is C26H23N3O6. The zero-order valence-corrected chi connectivity index (χ0v) is 19.5. The van der Waals surface area contributed by atoms with E-state index in [-0.39, 0.29) is 17.3 Å². The summed E-state index contributed by atoms with van der Waals surface area (Å²) in [5.41, 5.74) is 2.49. The van der Waals surface area contributed by atoms with Crippen molar-refractivity contribution in [2.45, 2.75) is 6.92 Å². The van der Waals surface area contributed by atoms with Crippen molar-refractivity contribution in [3.8, 4) is 57.1 Å². The molecule has 9 heteroatoms. The van der Waals surface area contributed by atoms with Gasteiger partial charge in [0, 0.05) is 41.3 Å². The molecule has 5 rings (SSSR count). The van der Waals surface area contributed by atoms with Crippen molar-refractivity contribution in [3.05, 3.63) is 64.6 Å². The Bertz CT molecular complexity index is 1640. The van der Waals surface area contributed by atoms with Crippen LogP contribution in [-0.4, -0.2) is 39.0 Å². The van der Waals surface area contributed by atoms with E-state index < -0.39 is 11.2 Å². The molecule has 5 aromatic rings. The van der Waals surface area contributed by atoms with Gasteiger partial charge in [-0.3, -0.25) is 4.79 Å². The number of aromatic hydroxyl groups is 2. The molecule has 0 spiro atoms. The Kier molecular flexibility index (Phi) is 5.24. The standard InChI is InChI=1S/C26H23N3O6/c1-13-9-20(31)24(32)25(35-13)23-22(14-5-8-19(30)21(10-14)34-4)27-26(28-23)17-12-29(2)18-7-6-15(33-3)11-16(17)18/h5-12,30,32H,1-4H3,(H,27,28). The van der Waals surface area contributed by atoms with Gasteiger partial charge in [0.15, 0.2) is 17.3 Å². The van der Waals surface area contributed by atoms with Crippen LogP contribution < -0.4 is 14.9 Å². The Hall–Kier alpha value is -4.66. The van der Waals surface area contributed by atoms with Crippen LogP contribution in [-0.2, 0) is 7.05 Å². The summed E-state index contributed by atoms with van der Waals surface area (Å²) in [6.07, 6.45) is 1.93. The van der Waals surface area contributed by atoms with Gasteiger partial charge in [0.1, 0.15) is 28.7 Å². The number of nitrogens with zero attached hydrogens (tertiary/aromatic N) is 2. The maximum atomic E-state index is 12.3. The first-order valence-electron chi connectivity index (χ1n) is 10.8. The molecule has 35 heavy (non-hydrogen) atoms. The molecule has 0 aliphatic rings. The highest BCUT2D eigenvalue weighted by molar-refractivity contribution is 5.96. The van der Waals surface area contributed by atoms with E-state index in [0.29, 0.717) is 34.3 Å². The molecule has 0 aliphatic carbocycles. The van der Waals surface area contributed by atoms with Gasteiger partial charge in [-0.25, -0.2) is 4.98 Å². The summed E-state index contributed by atoms with van der Waals surface area (Å²) in [5.74, 6) is 1.18. The van der Waals surface area contributed by atoms with Crippen LogP contribution in [0, 0.1) is 6.92 Å². The summed E-state index contributed by atoms with van der Waals surface area (Å²) >= 11 is 0. The van der Waals surface area contributed by atoms with Crippen molar-refractivity contribution in [1.29, 1.82) is 0 Å². The van der Waals surface area contributed by atoms with Crippen LogP contribution in [0.2, 0.25) is 0 Å². The fourth-order valence-electron chi connectivity index (χ4n) is 4.16. The van der Waals surface area contributed by atoms with Gasteiger partial charge >= 0.3 is 0 Å². The maximum Gasteiger partial charge on any atom is 0.227 e. The van der Waals surface area contributed by atoms with Crippen LogP contribution in [0.4, 0.5) is 0 Å². The number of H-pyrrole nitrogens is 1. The van der Waals surface area contributed by atoms with Crippen molar-refractivity contribution in [1.82, 2.24) is 14.5 Å². The van der Waals surface area contributed by atoms with Crippen LogP contribution in [0.15, 0.2) is 57.9 Å². The first-order valence-corrected chi connectivity index (χ1v) is 10.8. The zero-order chi connectivity index (χ0) is 24.9. The van der Waals surface area contributed by atoms with Crippen molar-refractivity contribution in [3.63, 3.8) is 0 Å². The number of aryl methyl sites for hydroxylation is 2. The minimum atomic E-state index is -0.566. The lowest BCUT2D eigenvalue weighted by molar-refractivity contribution is 0.373. The molecule has 0 amide bonds. The number of hydrogen-bond acceptors (Lipinski definition) is 7. The molecule has 178 valence electrons. The van der Waals surface area contributed by atoms with Gasteiger partial charge in [0.2, 0.25) is 11.2 Å². The minimum absolute atomic E-state index is 0.0281. The van der Waals surface area contributed by atoms with Gasteiger partial charge in [-0.1, -0.05) is 0 Å². The number of rotatable bonds is 5. The normalized spacial score (nSPS) is 11.2. The lowest BCUT2D eigenvalue weighted by Gasteiger charge is -2.08. The highest BCUT2D eigenvalue weighted by Gasteiger charge is 2.24. The van der Waals surface area contributed by atoms with Crippen molar-refractivity contribution < 1.29 is 24.1 Å². The van der Waals surface area contributed by atoms with E-state index in [1.54, 1.807) is 26.2 Å². The Morgan fingerprint density at radius 1 is 1.06 bits per heavy atom. The lowest BCUT2D eigenvalue weighted by atomic mass is 10.1. The minimum Gasteiger partial charge on any atom is -0.504 e. The van der Waals surface area contributed by atoms with Gasteiger partial charge in [0.25, 0.3) is 0 Å².